The van der Waals surface area contributed by atoms with Crippen molar-refractivity contribution < 1.29 is 9.53 Å². The third kappa shape index (κ3) is 3.72. The average molecular weight is 383 g/mol. The van der Waals surface area contributed by atoms with Gasteiger partial charge < -0.3 is 15.0 Å². The van der Waals surface area contributed by atoms with Gasteiger partial charge in [0.2, 0.25) is 0 Å². The Kier molecular flexibility index (Phi) is 5.17. The van der Waals surface area contributed by atoms with Crippen molar-refractivity contribution in [2.75, 3.05) is 37.7 Å². The number of rotatable bonds is 5. The van der Waals surface area contributed by atoms with Gasteiger partial charge in [0.25, 0.3) is 0 Å². The first-order chi connectivity index (χ1) is 13.3. The quantitative estimate of drug-likeness (QED) is 0.659. The third-order valence-electron chi connectivity index (χ3n) is 4.35. The molecular formula is C19H21N5O2S. The van der Waals surface area contributed by atoms with Crippen LogP contribution >= 0.6 is 11.3 Å². The van der Waals surface area contributed by atoms with E-state index in [0.29, 0.717) is 6.61 Å². The van der Waals surface area contributed by atoms with Gasteiger partial charge >= 0.3 is 5.97 Å². The lowest BCUT2D eigenvalue weighted by Crippen LogP contribution is -2.43. The molecule has 1 aliphatic rings. The van der Waals surface area contributed by atoms with Crippen LogP contribution in [0, 0.1) is 0 Å². The molecule has 3 aromatic rings. The molecule has 27 heavy (non-hydrogen) atoms. The van der Waals surface area contributed by atoms with Crippen LogP contribution in [0.25, 0.3) is 21.1 Å². The maximum Gasteiger partial charge on any atom is 0.358 e. The minimum atomic E-state index is -0.420. The number of nitrogens with zero attached hydrogens (tertiary/aromatic N) is 3. The Bertz CT molecular complexity index is 915. The number of benzene rings is 1. The molecule has 0 spiro atoms. The topological polar surface area (TPSA) is 83.1 Å². The van der Waals surface area contributed by atoms with Crippen LogP contribution in [0.4, 0.5) is 5.82 Å². The van der Waals surface area contributed by atoms with E-state index in [1.54, 1.807) is 24.3 Å². The molecule has 3 heterocycles. The zero-order valence-corrected chi connectivity index (χ0v) is 15.9. The molecule has 4 rings (SSSR count). The number of aromatic nitrogens is 3. The van der Waals surface area contributed by atoms with Crippen LogP contribution in [0.2, 0.25) is 0 Å². The maximum atomic E-state index is 12.0. The summed E-state index contributed by atoms with van der Waals surface area (Å²) in [7, 11) is 0. The highest BCUT2D eigenvalue weighted by Crippen LogP contribution is 2.39. The van der Waals surface area contributed by atoms with Crippen molar-refractivity contribution >= 4 is 23.1 Å². The first kappa shape index (κ1) is 17.7. The van der Waals surface area contributed by atoms with E-state index in [4.69, 9.17) is 9.72 Å². The summed E-state index contributed by atoms with van der Waals surface area (Å²) in [5.74, 6) is 0.510. The number of hydrogen-bond acceptors (Lipinski definition) is 7. The number of thiazole rings is 1. The summed E-state index contributed by atoms with van der Waals surface area (Å²) >= 11 is 1.60. The van der Waals surface area contributed by atoms with E-state index in [1.165, 1.54) is 0 Å². The maximum absolute atomic E-state index is 12.0. The number of piperazine rings is 1. The predicted molar refractivity (Wildman–Crippen MR) is 106 cm³/mol. The minimum Gasteiger partial charge on any atom is -0.461 e. The van der Waals surface area contributed by atoms with Crippen LogP contribution in [0.5, 0.6) is 0 Å². The molecule has 0 aliphatic carbocycles. The Morgan fingerprint density at radius 1 is 1.26 bits per heavy atom. The second kappa shape index (κ2) is 7.89. The number of carbonyl (C=O) groups is 1. The highest BCUT2D eigenvalue weighted by Gasteiger charge is 2.23. The van der Waals surface area contributed by atoms with Crippen molar-refractivity contribution in [3.8, 4) is 21.1 Å². The normalized spacial score (nSPS) is 14.3. The second-order valence-electron chi connectivity index (χ2n) is 6.16. The highest BCUT2D eigenvalue weighted by molar-refractivity contribution is 7.19. The summed E-state index contributed by atoms with van der Waals surface area (Å²) in [4.78, 5) is 20.2. The van der Waals surface area contributed by atoms with Crippen LogP contribution in [-0.2, 0) is 4.74 Å². The lowest BCUT2D eigenvalue weighted by Gasteiger charge is -2.28. The van der Waals surface area contributed by atoms with Gasteiger partial charge in [0, 0.05) is 31.7 Å². The lowest BCUT2D eigenvalue weighted by atomic mass is 10.2. The first-order valence-corrected chi connectivity index (χ1v) is 9.82. The molecule has 2 aromatic heterocycles. The van der Waals surface area contributed by atoms with Crippen molar-refractivity contribution in [2.24, 2.45) is 0 Å². The van der Waals surface area contributed by atoms with Gasteiger partial charge in [-0.15, -0.1) is 11.3 Å². The number of ether oxygens (including phenoxy) is 1. The van der Waals surface area contributed by atoms with Gasteiger partial charge in [0.15, 0.2) is 5.69 Å². The second-order valence-corrected chi connectivity index (χ2v) is 7.16. The van der Waals surface area contributed by atoms with Crippen molar-refractivity contribution in [1.29, 1.82) is 0 Å². The Morgan fingerprint density at radius 3 is 2.78 bits per heavy atom. The molecule has 0 atom stereocenters. The molecule has 140 valence electrons. The Morgan fingerprint density at radius 2 is 2.04 bits per heavy atom. The lowest BCUT2D eigenvalue weighted by molar-refractivity contribution is 0.0519. The van der Waals surface area contributed by atoms with Crippen molar-refractivity contribution in [3.05, 3.63) is 42.1 Å². The number of H-pyrrole nitrogens is 1. The molecule has 0 bridgehead atoms. The molecule has 0 saturated carbocycles. The number of anilines is 1. The number of nitrogens with one attached hydrogen (secondary N) is 2. The number of esters is 1. The Labute approximate surface area is 161 Å². The monoisotopic (exact) mass is 383 g/mol. The van der Waals surface area contributed by atoms with Gasteiger partial charge in [-0.05, 0) is 13.0 Å². The van der Waals surface area contributed by atoms with Crippen LogP contribution in [0.1, 0.15) is 17.4 Å². The van der Waals surface area contributed by atoms with Gasteiger partial charge in [-0.2, -0.15) is 5.10 Å². The van der Waals surface area contributed by atoms with Crippen LogP contribution in [0.3, 0.4) is 0 Å². The smallest absolute Gasteiger partial charge is 0.358 e. The highest BCUT2D eigenvalue weighted by atomic mass is 32.1. The number of hydrogen-bond donors (Lipinski definition) is 2. The molecular weight excluding hydrogens is 362 g/mol. The summed E-state index contributed by atoms with van der Waals surface area (Å²) in [5, 5.41) is 11.4. The Hall–Kier alpha value is -2.71. The van der Waals surface area contributed by atoms with Crippen LogP contribution in [0.15, 0.2) is 36.4 Å². The predicted octanol–water partition coefficient (Wildman–Crippen LogP) is 2.79. The van der Waals surface area contributed by atoms with Crippen molar-refractivity contribution in [2.45, 2.75) is 6.92 Å². The average Bonchev–Trinajstić information content (AvgIpc) is 3.37. The molecule has 1 aliphatic heterocycles. The van der Waals surface area contributed by atoms with Gasteiger partial charge in [-0.25, -0.2) is 9.78 Å². The van der Waals surface area contributed by atoms with E-state index in [1.807, 2.05) is 18.2 Å². The fourth-order valence-electron chi connectivity index (χ4n) is 3.03. The fourth-order valence-corrected chi connectivity index (χ4v) is 4.09. The van der Waals surface area contributed by atoms with Crippen LogP contribution in [-0.4, -0.2) is 53.9 Å². The number of aromatic amines is 1. The minimum absolute atomic E-state index is 0.285. The first-order valence-electron chi connectivity index (χ1n) is 9.01. The molecule has 2 N–H and O–H groups in total. The van der Waals surface area contributed by atoms with Gasteiger partial charge in [-0.3, -0.25) is 5.10 Å². The summed E-state index contributed by atoms with van der Waals surface area (Å²) in [6.45, 7) is 5.74. The molecule has 1 fully saturated rings. The Balaban J connectivity index is 1.74. The van der Waals surface area contributed by atoms with Crippen LogP contribution < -0.4 is 10.2 Å². The van der Waals surface area contributed by atoms with Gasteiger partial charge in [0.1, 0.15) is 10.8 Å². The van der Waals surface area contributed by atoms with E-state index in [0.717, 1.165) is 53.1 Å². The van der Waals surface area contributed by atoms with E-state index in [2.05, 4.69) is 32.5 Å². The molecule has 0 unspecified atom stereocenters. The van der Waals surface area contributed by atoms with Gasteiger partial charge in [0.05, 0.1) is 17.2 Å². The van der Waals surface area contributed by atoms with E-state index in [9.17, 15) is 4.79 Å². The summed E-state index contributed by atoms with van der Waals surface area (Å²) < 4.78 is 5.05. The van der Waals surface area contributed by atoms with Gasteiger partial charge in [-0.1, -0.05) is 30.3 Å². The molecule has 0 radical (unpaired) electrons. The molecule has 0 amide bonds. The zero-order chi connectivity index (χ0) is 18.6. The SMILES string of the molecule is CCOC(=O)c1cc(-c2sc(-c3ccccc3)nc2N2CCNCC2)[nH]n1. The molecule has 7 nitrogen and oxygen atoms in total. The third-order valence-corrected chi connectivity index (χ3v) is 5.48. The van der Waals surface area contributed by atoms with Crippen molar-refractivity contribution in [1.82, 2.24) is 20.5 Å². The molecule has 8 heteroatoms. The standard InChI is InChI=1S/C19H21N5O2S/c1-2-26-19(25)15-12-14(22-23-15)16-17(24-10-8-20-9-11-24)21-18(27-16)13-6-4-3-5-7-13/h3-7,12,20H,2,8-11H2,1H3,(H,22,23). The van der Waals surface area contributed by atoms with Crippen molar-refractivity contribution in [3.63, 3.8) is 0 Å². The van der Waals surface area contributed by atoms with E-state index < -0.39 is 5.97 Å². The van der Waals surface area contributed by atoms with E-state index >= 15 is 0 Å². The largest absolute Gasteiger partial charge is 0.461 e. The number of carbonyl (C=O) groups excluding carboxylic acids is 1. The van der Waals surface area contributed by atoms with E-state index in [-0.39, 0.29) is 5.69 Å². The fraction of sp³-hybridized carbons (Fsp3) is 0.316. The summed E-state index contributed by atoms with van der Waals surface area (Å²) in [6.07, 6.45) is 0. The zero-order valence-electron chi connectivity index (χ0n) is 15.1. The summed E-state index contributed by atoms with van der Waals surface area (Å²) in [6, 6.07) is 11.9. The molecule has 1 aromatic carbocycles. The summed E-state index contributed by atoms with van der Waals surface area (Å²) in [5.41, 5.74) is 2.15. The molecule has 1 saturated heterocycles.